The summed E-state index contributed by atoms with van der Waals surface area (Å²) >= 11 is 0. The number of carbonyl (C=O) groups excluding carboxylic acids is 2. The van der Waals surface area contributed by atoms with E-state index in [1.165, 1.54) is 6.92 Å². The predicted octanol–water partition coefficient (Wildman–Crippen LogP) is 1.94. The number of ether oxygens (including phenoxy) is 5. The van der Waals surface area contributed by atoms with Crippen LogP contribution in [0.3, 0.4) is 0 Å². The molecule has 0 saturated carbocycles. The summed E-state index contributed by atoms with van der Waals surface area (Å²) in [7, 11) is 0. The Morgan fingerprint density at radius 2 is 1.30 bits per heavy atom. The van der Waals surface area contributed by atoms with E-state index in [1.54, 1.807) is 6.92 Å². The van der Waals surface area contributed by atoms with Gasteiger partial charge in [-0.1, -0.05) is 13.8 Å². The van der Waals surface area contributed by atoms with Crippen LogP contribution in [0.4, 0.5) is 4.39 Å². The third kappa shape index (κ3) is 16.6. The van der Waals surface area contributed by atoms with Crippen molar-refractivity contribution in [3.63, 3.8) is 0 Å². The molecule has 0 heterocycles. The highest BCUT2D eigenvalue weighted by Gasteiger charge is 2.20. The van der Waals surface area contributed by atoms with Gasteiger partial charge in [-0.2, -0.15) is 0 Å². The summed E-state index contributed by atoms with van der Waals surface area (Å²) < 4.78 is 40.6. The first-order chi connectivity index (χ1) is 14.4. The Kier molecular flexibility index (Phi) is 19.1. The van der Waals surface area contributed by atoms with Crippen molar-refractivity contribution in [1.82, 2.24) is 5.32 Å². The largest absolute Gasteiger partial charge is 0.377 e. The Balaban J connectivity index is 3.46. The fourth-order valence-corrected chi connectivity index (χ4v) is 2.44. The van der Waals surface area contributed by atoms with Crippen molar-refractivity contribution < 1.29 is 37.7 Å². The second-order valence-electron chi connectivity index (χ2n) is 6.94. The van der Waals surface area contributed by atoms with Crippen LogP contribution in [0.5, 0.6) is 0 Å². The van der Waals surface area contributed by atoms with Gasteiger partial charge >= 0.3 is 0 Å². The normalized spacial score (nSPS) is 13.4. The second-order valence-corrected chi connectivity index (χ2v) is 6.94. The van der Waals surface area contributed by atoms with Crippen molar-refractivity contribution in [2.45, 2.75) is 52.8 Å². The van der Waals surface area contributed by atoms with Crippen LogP contribution in [0.15, 0.2) is 0 Å². The van der Waals surface area contributed by atoms with Crippen LogP contribution in [-0.4, -0.2) is 90.0 Å². The molecule has 0 rings (SSSR count). The number of hydrogen-bond donors (Lipinski definition) is 1. The number of nitrogens with one attached hydrogen (secondary N) is 1. The topological polar surface area (TPSA) is 92.3 Å². The minimum Gasteiger partial charge on any atom is -0.377 e. The van der Waals surface area contributed by atoms with Crippen LogP contribution in [0, 0.1) is 5.92 Å². The lowest BCUT2D eigenvalue weighted by atomic mass is 10.0. The first kappa shape index (κ1) is 28.9. The van der Waals surface area contributed by atoms with Crippen LogP contribution in [0.25, 0.3) is 0 Å². The van der Waals surface area contributed by atoms with E-state index >= 15 is 0 Å². The summed E-state index contributed by atoms with van der Waals surface area (Å²) in [5.74, 6) is -0.184. The molecule has 0 aromatic carbocycles. The van der Waals surface area contributed by atoms with Crippen molar-refractivity contribution in [2.75, 3.05) is 66.0 Å². The third-order valence-electron chi connectivity index (χ3n) is 4.37. The smallest absolute Gasteiger partial charge is 0.223 e. The molecule has 0 spiro atoms. The summed E-state index contributed by atoms with van der Waals surface area (Å²) in [5, 5.41) is 2.65. The fraction of sp³-hybridized carbons (Fsp3) is 0.905. The van der Waals surface area contributed by atoms with Gasteiger partial charge in [0, 0.05) is 5.92 Å². The molecule has 0 aromatic heterocycles. The first-order valence-electron chi connectivity index (χ1n) is 10.8. The molecule has 0 aromatic rings. The van der Waals surface area contributed by atoms with Gasteiger partial charge < -0.3 is 29.0 Å². The summed E-state index contributed by atoms with van der Waals surface area (Å²) in [6.07, 6.45) is -0.393. The van der Waals surface area contributed by atoms with Crippen LogP contribution >= 0.6 is 0 Å². The van der Waals surface area contributed by atoms with Gasteiger partial charge in [-0.05, 0) is 26.7 Å². The fourth-order valence-electron chi connectivity index (χ4n) is 2.44. The molecular weight excluding hydrogens is 397 g/mol. The quantitative estimate of drug-likeness (QED) is 0.274. The van der Waals surface area contributed by atoms with Gasteiger partial charge in [0.1, 0.15) is 12.8 Å². The minimum absolute atomic E-state index is 0.0105. The van der Waals surface area contributed by atoms with Gasteiger partial charge in [0.15, 0.2) is 5.78 Å². The molecule has 0 saturated heterocycles. The third-order valence-corrected chi connectivity index (χ3v) is 4.37. The van der Waals surface area contributed by atoms with Crippen LogP contribution in [0.2, 0.25) is 0 Å². The molecule has 0 aliphatic carbocycles. The van der Waals surface area contributed by atoms with E-state index in [9.17, 15) is 14.0 Å². The zero-order valence-corrected chi connectivity index (χ0v) is 19.0. The van der Waals surface area contributed by atoms with Crippen molar-refractivity contribution in [2.24, 2.45) is 5.92 Å². The van der Waals surface area contributed by atoms with Gasteiger partial charge in [-0.25, -0.2) is 4.39 Å². The van der Waals surface area contributed by atoms with E-state index in [0.29, 0.717) is 46.2 Å². The summed E-state index contributed by atoms with van der Waals surface area (Å²) in [4.78, 5) is 22.5. The number of rotatable bonds is 21. The zero-order chi connectivity index (χ0) is 22.6. The molecule has 0 aliphatic rings. The molecule has 30 heavy (non-hydrogen) atoms. The lowest BCUT2D eigenvalue weighted by Gasteiger charge is -2.19. The van der Waals surface area contributed by atoms with Crippen molar-refractivity contribution >= 4 is 11.7 Å². The number of amides is 1. The van der Waals surface area contributed by atoms with Crippen molar-refractivity contribution in [3.8, 4) is 0 Å². The van der Waals surface area contributed by atoms with Gasteiger partial charge in [-0.15, -0.1) is 0 Å². The summed E-state index contributed by atoms with van der Waals surface area (Å²) in [6, 6.07) is 0. The molecule has 0 fully saturated rings. The number of Topliss-reactive ketones (excluding diaryl/α,β-unsaturated/α-hetero) is 1. The first-order valence-corrected chi connectivity index (χ1v) is 10.8. The molecule has 8 nitrogen and oxygen atoms in total. The maximum Gasteiger partial charge on any atom is 0.223 e. The lowest BCUT2D eigenvalue weighted by molar-refractivity contribution is -0.126. The average molecular weight is 438 g/mol. The molecule has 1 N–H and O–H groups in total. The van der Waals surface area contributed by atoms with E-state index in [2.05, 4.69) is 5.32 Å². The maximum atomic E-state index is 14.1. The summed E-state index contributed by atoms with van der Waals surface area (Å²) in [5.41, 5.74) is 0. The van der Waals surface area contributed by atoms with E-state index in [4.69, 9.17) is 23.7 Å². The van der Waals surface area contributed by atoms with E-state index in [0.717, 1.165) is 12.8 Å². The SMILES string of the molecule is CCC(CC)C(=O)NCC(F)C(C)OCCOCCOCCOCCOCC(C)=O. The molecule has 2 unspecified atom stereocenters. The molecule has 0 aliphatic heterocycles. The Morgan fingerprint density at radius 1 is 0.833 bits per heavy atom. The maximum absolute atomic E-state index is 14.1. The number of ketones is 1. The monoisotopic (exact) mass is 437 g/mol. The van der Waals surface area contributed by atoms with Gasteiger partial charge in [0.25, 0.3) is 0 Å². The molecule has 178 valence electrons. The highest BCUT2D eigenvalue weighted by Crippen LogP contribution is 2.08. The van der Waals surface area contributed by atoms with Gasteiger partial charge in [-0.3, -0.25) is 9.59 Å². The predicted molar refractivity (Wildman–Crippen MR) is 111 cm³/mol. The average Bonchev–Trinajstić information content (AvgIpc) is 2.72. The highest BCUT2D eigenvalue weighted by atomic mass is 19.1. The molecule has 2 atom stereocenters. The Hall–Kier alpha value is -1.13. The second kappa shape index (κ2) is 19.8. The van der Waals surface area contributed by atoms with Gasteiger partial charge in [0.05, 0.1) is 65.5 Å². The van der Waals surface area contributed by atoms with Crippen molar-refractivity contribution in [1.29, 1.82) is 0 Å². The Morgan fingerprint density at radius 3 is 1.77 bits per heavy atom. The van der Waals surface area contributed by atoms with Crippen LogP contribution in [-0.2, 0) is 33.3 Å². The van der Waals surface area contributed by atoms with E-state index in [-0.39, 0.29) is 37.4 Å². The number of alkyl halides is 1. The molecule has 0 radical (unpaired) electrons. The number of halogens is 1. The van der Waals surface area contributed by atoms with Crippen LogP contribution in [0.1, 0.15) is 40.5 Å². The standard InChI is InChI=1S/C21H40FNO7/c1-5-19(6-2)21(25)23-15-20(22)18(4)30-14-13-28-10-9-26-7-8-27-11-12-29-16-17(3)24/h18-20H,5-16H2,1-4H3,(H,23,25). The van der Waals surface area contributed by atoms with Crippen LogP contribution < -0.4 is 5.32 Å². The molecule has 0 bridgehead atoms. The number of carbonyl (C=O) groups is 2. The zero-order valence-electron chi connectivity index (χ0n) is 19.0. The van der Waals surface area contributed by atoms with Crippen molar-refractivity contribution in [3.05, 3.63) is 0 Å². The highest BCUT2D eigenvalue weighted by molar-refractivity contribution is 5.78. The molecular formula is C21H40FNO7. The summed E-state index contributed by atoms with van der Waals surface area (Å²) in [6.45, 7) is 10.2. The Labute approximate surface area is 180 Å². The molecule has 1 amide bonds. The van der Waals surface area contributed by atoms with E-state index in [1.807, 2.05) is 13.8 Å². The minimum atomic E-state index is -1.26. The van der Waals surface area contributed by atoms with E-state index < -0.39 is 12.3 Å². The Bertz CT molecular complexity index is 436. The lowest BCUT2D eigenvalue weighted by Crippen LogP contribution is -2.39. The van der Waals surface area contributed by atoms with Gasteiger partial charge in [0.2, 0.25) is 5.91 Å². The molecule has 9 heteroatoms. The number of hydrogen-bond acceptors (Lipinski definition) is 7.